The smallest absolute Gasteiger partial charge is 0.306 e. The Bertz CT molecular complexity index is 565. The maximum absolute atomic E-state index is 13.1. The summed E-state index contributed by atoms with van der Waals surface area (Å²) in [7, 11) is 3.86. The van der Waals surface area contributed by atoms with Crippen molar-refractivity contribution < 1.29 is 18.7 Å². The van der Waals surface area contributed by atoms with Crippen LogP contribution in [0.5, 0.6) is 0 Å². The Morgan fingerprint density at radius 3 is 2.96 bits per heavy atom. The summed E-state index contributed by atoms with van der Waals surface area (Å²) in [6, 6.07) is 5.59. The van der Waals surface area contributed by atoms with Gasteiger partial charge in [-0.15, -0.1) is 0 Å². The lowest BCUT2D eigenvalue weighted by Crippen LogP contribution is -2.29. The molecule has 4 nitrogen and oxygen atoms in total. The number of amides is 1. The van der Waals surface area contributed by atoms with Crippen LogP contribution in [0, 0.1) is 5.82 Å². The van der Waals surface area contributed by atoms with Crippen LogP contribution in [0.4, 0.5) is 10.1 Å². The van der Waals surface area contributed by atoms with Crippen LogP contribution in [-0.4, -0.2) is 29.0 Å². The lowest BCUT2D eigenvalue weighted by Gasteiger charge is -2.14. The van der Waals surface area contributed by atoms with E-state index in [0.717, 1.165) is 19.3 Å². The molecule has 0 aliphatic carbocycles. The Morgan fingerprint density at radius 1 is 1.42 bits per heavy atom. The van der Waals surface area contributed by atoms with Crippen molar-refractivity contribution in [3.05, 3.63) is 30.1 Å². The van der Waals surface area contributed by atoms with Crippen molar-refractivity contribution in [2.24, 2.45) is 0 Å². The lowest BCUT2D eigenvalue weighted by molar-refractivity contribution is -0.153. The third kappa shape index (κ3) is 6.73. The molecule has 0 bridgehead atoms. The Labute approximate surface area is 149 Å². The molecule has 132 valence electrons. The Balaban J connectivity index is 1.63. The zero-order valence-corrected chi connectivity index (χ0v) is 15.3. The monoisotopic (exact) mass is 371 g/mol. The minimum Gasteiger partial charge on any atom is -0.453 e. The molecular formula is C17H22FNO3S2. The van der Waals surface area contributed by atoms with Gasteiger partial charge < -0.3 is 10.1 Å². The molecule has 24 heavy (non-hydrogen) atoms. The number of rotatable bonds is 8. The highest BCUT2D eigenvalue weighted by Crippen LogP contribution is 2.39. The zero-order valence-electron chi connectivity index (χ0n) is 13.6. The number of ether oxygens (including phenoxy) is 1. The predicted molar refractivity (Wildman–Crippen MR) is 97.5 cm³/mol. The first-order valence-electron chi connectivity index (χ1n) is 8.09. The molecule has 0 radical (unpaired) electrons. The van der Waals surface area contributed by atoms with Gasteiger partial charge in [-0.25, -0.2) is 4.39 Å². The summed E-state index contributed by atoms with van der Waals surface area (Å²) in [5, 5.41) is 3.24. The Kier molecular flexibility index (Phi) is 7.91. The molecule has 1 aromatic rings. The third-order valence-electron chi connectivity index (χ3n) is 3.65. The summed E-state index contributed by atoms with van der Waals surface area (Å²) >= 11 is 0. The van der Waals surface area contributed by atoms with Gasteiger partial charge in [0.25, 0.3) is 5.91 Å². The van der Waals surface area contributed by atoms with Crippen molar-refractivity contribution in [1.82, 2.24) is 0 Å². The van der Waals surface area contributed by atoms with Gasteiger partial charge in [-0.3, -0.25) is 9.59 Å². The molecule has 2 rings (SSSR count). The zero-order chi connectivity index (χ0) is 17.4. The fraction of sp³-hybridized carbons (Fsp3) is 0.529. The summed E-state index contributed by atoms with van der Waals surface area (Å²) in [6.07, 6.45) is 3.57. The summed E-state index contributed by atoms with van der Waals surface area (Å²) in [5.41, 5.74) is 0.342. The van der Waals surface area contributed by atoms with Gasteiger partial charge in [-0.2, -0.15) is 0 Å². The molecule has 2 atom stereocenters. The van der Waals surface area contributed by atoms with Crippen molar-refractivity contribution in [2.45, 2.75) is 50.4 Å². The Morgan fingerprint density at radius 2 is 2.25 bits per heavy atom. The molecule has 1 N–H and O–H groups in total. The topological polar surface area (TPSA) is 55.4 Å². The van der Waals surface area contributed by atoms with Gasteiger partial charge in [0, 0.05) is 23.1 Å². The van der Waals surface area contributed by atoms with Gasteiger partial charge in [0.15, 0.2) is 6.10 Å². The highest BCUT2D eigenvalue weighted by Gasteiger charge is 2.19. The third-order valence-corrected chi connectivity index (χ3v) is 6.66. The van der Waals surface area contributed by atoms with Crippen molar-refractivity contribution in [2.75, 3.05) is 11.1 Å². The number of nitrogens with one attached hydrogen (secondary N) is 1. The molecule has 0 spiro atoms. The quantitative estimate of drug-likeness (QED) is 0.417. The number of benzene rings is 1. The predicted octanol–water partition coefficient (Wildman–Crippen LogP) is 4.41. The maximum atomic E-state index is 13.1. The largest absolute Gasteiger partial charge is 0.453 e. The molecule has 0 saturated carbocycles. The van der Waals surface area contributed by atoms with E-state index in [0.29, 0.717) is 17.4 Å². The SMILES string of the molecule is C[C@@H](OC(=O)CCCC[C@@H]1CCSS1)C(=O)Nc1cccc(F)c1. The number of carbonyl (C=O) groups is 2. The van der Waals surface area contributed by atoms with E-state index in [-0.39, 0.29) is 5.97 Å². The van der Waals surface area contributed by atoms with E-state index in [1.54, 1.807) is 6.07 Å². The van der Waals surface area contributed by atoms with Crippen LogP contribution in [0.15, 0.2) is 24.3 Å². The van der Waals surface area contributed by atoms with E-state index < -0.39 is 17.8 Å². The van der Waals surface area contributed by atoms with Crippen LogP contribution in [0.25, 0.3) is 0 Å². The van der Waals surface area contributed by atoms with E-state index in [2.05, 4.69) is 5.32 Å². The molecule has 1 saturated heterocycles. The van der Waals surface area contributed by atoms with Crippen LogP contribution in [0.2, 0.25) is 0 Å². The number of carbonyl (C=O) groups excluding carboxylic acids is 2. The van der Waals surface area contributed by atoms with Crippen LogP contribution in [0.1, 0.15) is 39.0 Å². The first kappa shape index (κ1) is 19.1. The van der Waals surface area contributed by atoms with Gasteiger partial charge in [0.05, 0.1) is 0 Å². The van der Waals surface area contributed by atoms with Gasteiger partial charge in [-0.1, -0.05) is 34.1 Å². The molecule has 7 heteroatoms. The van der Waals surface area contributed by atoms with Gasteiger partial charge in [-0.05, 0) is 44.4 Å². The van der Waals surface area contributed by atoms with E-state index in [9.17, 15) is 14.0 Å². The number of esters is 1. The number of hydrogen-bond donors (Lipinski definition) is 1. The minimum atomic E-state index is -0.900. The molecule has 1 aliphatic heterocycles. The first-order valence-corrected chi connectivity index (χ1v) is 10.5. The number of hydrogen-bond acceptors (Lipinski definition) is 5. The van der Waals surface area contributed by atoms with Gasteiger partial charge in [0.2, 0.25) is 0 Å². The lowest BCUT2D eigenvalue weighted by atomic mass is 10.1. The van der Waals surface area contributed by atoms with E-state index in [4.69, 9.17) is 4.74 Å². The highest BCUT2D eigenvalue weighted by molar-refractivity contribution is 8.77. The molecule has 1 fully saturated rings. The first-order chi connectivity index (χ1) is 11.5. The van der Waals surface area contributed by atoms with Crippen molar-refractivity contribution in [3.63, 3.8) is 0 Å². The fourth-order valence-corrected chi connectivity index (χ4v) is 5.35. The second-order valence-electron chi connectivity index (χ2n) is 5.71. The van der Waals surface area contributed by atoms with Gasteiger partial charge in [0.1, 0.15) is 5.82 Å². The molecule has 1 aromatic carbocycles. The summed E-state index contributed by atoms with van der Waals surface area (Å²) in [6.45, 7) is 1.51. The normalized spacial score (nSPS) is 18.2. The van der Waals surface area contributed by atoms with Gasteiger partial charge >= 0.3 is 5.97 Å². The molecule has 1 heterocycles. The summed E-state index contributed by atoms with van der Waals surface area (Å²) < 4.78 is 18.2. The van der Waals surface area contributed by atoms with Crippen LogP contribution in [-0.2, 0) is 14.3 Å². The second-order valence-corrected chi connectivity index (χ2v) is 8.49. The highest BCUT2D eigenvalue weighted by atomic mass is 33.1. The fourth-order valence-electron chi connectivity index (χ4n) is 2.33. The van der Waals surface area contributed by atoms with E-state index in [1.165, 1.54) is 37.3 Å². The summed E-state index contributed by atoms with van der Waals surface area (Å²) in [5.74, 6) is -0.0510. The number of unbranched alkanes of at least 4 members (excludes halogenated alkanes) is 1. The molecule has 1 amide bonds. The molecular weight excluding hydrogens is 349 g/mol. The maximum Gasteiger partial charge on any atom is 0.306 e. The van der Waals surface area contributed by atoms with Crippen LogP contribution in [0.3, 0.4) is 0 Å². The number of halogens is 1. The molecule has 1 aliphatic rings. The van der Waals surface area contributed by atoms with E-state index in [1.807, 2.05) is 21.6 Å². The van der Waals surface area contributed by atoms with Crippen molar-refractivity contribution in [1.29, 1.82) is 0 Å². The molecule has 0 unspecified atom stereocenters. The Hall–Kier alpha value is -1.21. The molecule has 0 aromatic heterocycles. The van der Waals surface area contributed by atoms with Crippen LogP contribution < -0.4 is 5.32 Å². The second kappa shape index (κ2) is 9.93. The van der Waals surface area contributed by atoms with Crippen molar-refractivity contribution in [3.8, 4) is 0 Å². The average molecular weight is 371 g/mol. The minimum absolute atomic E-state index is 0.322. The average Bonchev–Trinajstić information content (AvgIpc) is 3.05. The van der Waals surface area contributed by atoms with E-state index >= 15 is 0 Å². The number of anilines is 1. The summed E-state index contributed by atoms with van der Waals surface area (Å²) in [4.78, 5) is 23.7. The van der Waals surface area contributed by atoms with Crippen LogP contribution >= 0.6 is 21.6 Å². The van der Waals surface area contributed by atoms with Crippen molar-refractivity contribution >= 4 is 39.2 Å². The standard InChI is InChI=1S/C17H22FNO3S2/c1-12(17(21)19-14-6-4-5-13(18)11-14)22-16(20)8-3-2-7-15-9-10-23-24-15/h4-6,11-12,15H,2-3,7-10H2,1H3,(H,19,21)/t12-,15-/m1/s1.